The van der Waals surface area contributed by atoms with Crippen LogP contribution in [0, 0.1) is 0 Å². The number of likely N-dealkylation sites (tertiary alicyclic amines) is 1. The fourth-order valence-electron chi connectivity index (χ4n) is 5.57. The first-order chi connectivity index (χ1) is 17.0. The number of hydrogen-bond donors (Lipinski definition) is 0. The maximum absolute atomic E-state index is 13.2. The van der Waals surface area contributed by atoms with Crippen LogP contribution in [-0.4, -0.2) is 55.4 Å². The molecule has 1 aromatic heterocycles. The second-order valence-electron chi connectivity index (χ2n) is 8.57. The predicted octanol–water partition coefficient (Wildman–Crippen LogP) is 2.73. The van der Waals surface area contributed by atoms with Gasteiger partial charge in [0.1, 0.15) is 11.6 Å². The van der Waals surface area contributed by atoms with E-state index in [4.69, 9.17) is 18.9 Å². The number of benzene rings is 1. The number of para-hydroxylation sites is 1. The van der Waals surface area contributed by atoms with Gasteiger partial charge in [-0.1, -0.05) is 24.3 Å². The number of carbonyl (C=O) groups is 3. The maximum Gasteiger partial charge on any atom is 0.357 e. The van der Waals surface area contributed by atoms with Gasteiger partial charge < -0.3 is 18.8 Å². The topological polar surface area (TPSA) is 102 Å². The van der Waals surface area contributed by atoms with E-state index in [-0.39, 0.29) is 30.1 Å². The van der Waals surface area contributed by atoms with Gasteiger partial charge in [0.25, 0.3) is 0 Å². The molecule has 1 amide bonds. The summed E-state index contributed by atoms with van der Waals surface area (Å²) < 4.78 is 15.7. The average molecular weight is 476 g/mol. The second kappa shape index (κ2) is 8.57. The van der Waals surface area contributed by atoms with Gasteiger partial charge in [0, 0.05) is 18.7 Å². The Labute approximate surface area is 202 Å². The normalized spacial score (nSPS) is 22.7. The summed E-state index contributed by atoms with van der Waals surface area (Å²) in [6, 6.07) is 10.7. The van der Waals surface area contributed by atoms with Crippen LogP contribution in [0.5, 0.6) is 0 Å². The molecule has 1 spiro atoms. The number of ether oxygens (including phenoxy) is 2. The molecule has 0 bridgehead atoms. The van der Waals surface area contributed by atoms with Crippen LogP contribution in [0.4, 0.5) is 5.69 Å². The van der Waals surface area contributed by atoms with Gasteiger partial charge in [0.05, 0.1) is 44.1 Å². The lowest BCUT2D eigenvalue weighted by molar-refractivity contribution is -0.140. The second-order valence-corrected chi connectivity index (χ2v) is 8.57. The van der Waals surface area contributed by atoms with Crippen molar-refractivity contribution in [3.05, 3.63) is 77.9 Å². The number of furan rings is 1. The van der Waals surface area contributed by atoms with E-state index < -0.39 is 23.4 Å². The van der Waals surface area contributed by atoms with Crippen molar-refractivity contribution in [2.75, 3.05) is 25.7 Å². The van der Waals surface area contributed by atoms with Gasteiger partial charge in [0.15, 0.2) is 5.70 Å². The smallest absolute Gasteiger partial charge is 0.357 e. The van der Waals surface area contributed by atoms with Gasteiger partial charge in [-0.25, -0.2) is 14.6 Å². The fraction of sp³-hybridized carbons (Fsp3) is 0.308. The molecule has 0 saturated carbocycles. The van der Waals surface area contributed by atoms with Crippen LogP contribution in [0.2, 0.25) is 0 Å². The number of esters is 2. The predicted molar refractivity (Wildman–Crippen MR) is 126 cm³/mol. The highest BCUT2D eigenvalue weighted by molar-refractivity contribution is 6.15. The molecular weight excluding hydrogens is 450 g/mol. The van der Waals surface area contributed by atoms with Gasteiger partial charge in [-0.15, -0.1) is 6.58 Å². The third-order valence-corrected chi connectivity index (χ3v) is 6.91. The number of carbonyl (C=O) groups excluding carboxylic acids is 3. The number of amidine groups is 1. The minimum atomic E-state index is -0.874. The quantitative estimate of drug-likeness (QED) is 0.468. The largest absolute Gasteiger partial charge is 0.467 e. The molecule has 0 radical (unpaired) electrons. The SMILES string of the molecule is C=CCN1c2ccccc2[C@]23CCC(=O)N(Cc4ccco4)C2=NC(C(=O)OC)=C(C(=O)OC)[C@H]13. The first-order valence-electron chi connectivity index (χ1n) is 11.3. The lowest BCUT2D eigenvalue weighted by Gasteiger charge is -2.48. The Morgan fingerprint density at radius 1 is 1.20 bits per heavy atom. The van der Waals surface area contributed by atoms with E-state index in [9.17, 15) is 14.4 Å². The van der Waals surface area contributed by atoms with Gasteiger partial charge in [-0.3, -0.25) is 9.69 Å². The Kier molecular flexibility index (Phi) is 5.55. The molecule has 0 N–H and O–H groups in total. The van der Waals surface area contributed by atoms with Crippen molar-refractivity contribution in [2.45, 2.75) is 30.8 Å². The van der Waals surface area contributed by atoms with E-state index in [2.05, 4.69) is 6.58 Å². The number of fused-ring (bicyclic) bond motifs is 1. The molecule has 1 fully saturated rings. The highest BCUT2D eigenvalue weighted by atomic mass is 16.5. The molecule has 2 atom stereocenters. The van der Waals surface area contributed by atoms with Crippen LogP contribution >= 0.6 is 0 Å². The molecule has 9 heteroatoms. The molecule has 2 aromatic rings. The number of nitrogens with zero attached hydrogens (tertiary/aromatic N) is 3. The number of hydrogen-bond acceptors (Lipinski definition) is 8. The fourth-order valence-corrected chi connectivity index (χ4v) is 5.57. The summed E-state index contributed by atoms with van der Waals surface area (Å²) in [5.74, 6) is -0.630. The number of anilines is 1. The maximum atomic E-state index is 13.2. The number of amides is 1. The molecule has 5 rings (SSSR count). The lowest BCUT2D eigenvalue weighted by atomic mass is 9.65. The van der Waals surface area contributed by atoms with Gasteiger partial charge in [0.2, 0.25) is 5.91 Å². The van der Waals surface area contributed by atoms with E-state index in [1.54, 1.807) is 23.1 Å². The Morgan fingerprint density at radius 3 is 2.66 bits per heavy atom. The van der Waals surface area contributed by atoms with E-state index in [1.807, 2.05) is 29.2 Å². The number of methoxy groups -OCH3 is 2. The third-order valence-electron chi connectivity index (χ3n) is 6.91. The van der Waals surface area contributed by atoms with Crippen LogP contribution in [0.25, 0.3) is 0 Å². The summed E-state index contributed by atoms with van der Waals surface area (Å²) in [5, 5.41) is 0. The van der Waals surface area contributed by atoms with Crippen LogP contribution in [0.1, 0.15) is 24.2 Å². The summed E-state index contributed by atoms with van der Waals surface area (Å²) in [7, 11) is 2.49. The third kappa shape index (κ3) is 3.22. The monoisotopic (exact) mass is 475 g/mol. The van der Waals surface area contributed by atoms with Crippen LogP contribution in [0.3, 0.4) is 0 Å². The molecule has 0 aliphatic carbocycles. The summed E-state index contributed by atoms with van der Waals surface area (Å²) in [5.41, 5.74) is 0.864. The zero-order valence-electron chi connectivity index (χ0n) is 19.5. The van der Waals surface area contributed by atoms with E-state index in [0.717, 1.165) is 11.3 Å². The zero-order valence-corrected chi connectivity index (χ0v) is 19.5. The Balaban J connectivity index is 1.83. The van der Waals surface area contributed by atoms with Crippen LogP contribution < -0.4 is 4.90 Å². The van der Waals surface area contributed by atoms with Gasteiger partial charge in [-0.2, -0.15) is 0 Å². The van der Waals surface area contributed by atoms with Crippen molar-refractivity contribution in [1.29, 1.82) is 0 Å². The molecule has 1 saturated heterocycles. The van der Waals surface area contributed by atoms with Crippen LogP contribution in [-0.2, 0) is 35.8 Å². The number of aliphatic imine (C=N–C) groups is 1. The van der Waals surface area contributed by atoms with Crippen molar-refractivity contribution >= 4 is 29.4 Å². The summed E-state index contributed by atoms with van der Waals surface area (Å²) in [6.45, 7) is 4.45. The van der Waals surface area contributed by atoms with Crippen molar-refractivity contribution in [3.8, 4) is 0 Å². The molecule has 0 unspecified atom stereocenters. The number of piperidine rings is 1. The summed E-state index contributed by atoms with van der Waals surface area (Å²) in [4.78, 5) is 47.7. The van der Waals surface area contributed by atoms with Crippen LogP contribution in [0.15, 0.2) is 76.0 Å². The van der Waals surface area contributed by atoms with Crippen molar-refractivity contribution in [1.82, 2.24) is 4.90 Å². The van der Waals surface area contributed by atoms with Crippen molar-refractivity contribution in [2.24, 2.45) is 4.99 Å². The Bertz CT molecular complexity index is 1280. The molecule has 3 aliphatic heterocycles. The summed E-state index contributed by atoms with van der Waals surface area (Å²) in [6.07, 6.45) is 3.91. The van der Waals surface area contributed by atoms with E-state index in [1.165, 1.54) is 20.5 Å². The molecule has 1 aromatic carbocycles. The molecular formula is C26H25N3O6. The molecule has 9 nitrogen and oxygen atoms in total. The lowest BCUT2D eigenvalue weighted by Crippen LogP contribution is -2.62. The Morgan fingerprint density at radius 2 is 1.97 bits per heavy atom. The molecule has 4 heterocycles. The Hall–Kier alpha value is -4.14. The first kappa shape index (κ1) is 22.6. The van der Waals surface area contributed by atoms with Gasteiger partial charge in [-0.05, 0) is 30.2 Å². The standard InChI is InChI=1S/C26H25N3O6/c1-4-13-28-18-10-6-5-9-17(18)26-12-11-19(30)29(15-16-8-7-14-35-16)25(26)27-21(24(32)34-3)20(22(26)28)23(31)33-2/h4-10,14,22H,1,11-13,15H2,2-3H3/t22-,26-/m0/s1. The molecule has 180 valence electrons. The first-order valence-corrected chi connectivity index (χ1v) is 11.3. The minimum Gasteiger partial charge on any atom is -0.467 e. The minimum absolute atomic E-state index is 0.105. The van der Waals surface area contributed by atoms with E-state index in [0.29, 0.717) is 24.6 Å². The van der Waals surface area contributed by atoms with E-state index >= 15 is 0 Å². The average Bonchev–Trinajstić information content (AvgIpc) is 3.49. The number of rotatable bonds is 6. The molecule has 3 aliphatic rings. The highest BCUT2D eigenvalue weighted by Gasteiger charge is 2.63. The van der Waals surface area contributed by atoms with Gasteiger partial charge >= 0.3 is 11.9 Å². The zero-order chi connectivity index (χ0) is 24.7. The summed E-state index contributed by atoms with van der Waals surface area (Å²) >= 11 is 0. The highest BCUT2D eigenvalue weighted by Crippen LogP contribution is 2.56. The van der Waals surface area contributed by atoms with Crippen molar-refractivity contribution < 1.29 is 28.3 Å². The van der Waals surface area contributed by atoms with Crippen molar-refractivity contribution in [3.63, 3.8) is 0 Å². The molecule has 35 heavy (non-hydrogen) atoms.